The molecule has 0 spiro atoms. The number of carboxylic acids is 1. The molecular weight excluding hydrogens is 206 g/mol. The van der Waals surface area contributed by atoms with Crippen molar-refractivity contribution >= 4 is 5.97 Å². The monoisotopic (exact) mass is 225 g/mol. The number of carboxylic acid groups (broad SMARTS) is 1. The van der Waals surface area contributed by atoms with Crippen LogP contribution in [0.2, 0.25) is 0 Å². The quantitative estimate of drug-likeness (QED) is 0.808. The smallest absolute Gasteiger partial charge is 0.371 e. The van der Waals surface area contributed by atoms with Crippen molar-refractivity contribution in [1.82, 2.24) is 4.90 Å². The summed E-state index contributed by atoms with van der Waals surface area (Å²) in [5, 5.41) is 8.73. The van der Waals surface area contributed by atoms with E-state index in [1.165, 1.54) is 6.07 Å². The van der Waals surface area contributed by atoms with Crippen molar-refractivity contribution in [3.05, 3.63) is 23.7 Å². The highest BCUT2D eigenvalue weighted by molar-refractivity contribution is 5.84. The van der Waals surface area contributed by atoms with Gasteiger partial charge in [-0.05, 0) is 24.6 Å². The lowest BCUT2D eigenvalue weighted by Crippen LogP contribution is -2.26. The molecule has 4 nitrogen and oxygen atoms in total. The van der Waals surface area contributed by atoms with E-state index in [2.05, 4.69) is 25.7 Å². The maximum Gasteiger partial charge on any atom is 0.371 e. The van der Waals surface area contributed by atoms with E-state index in [0.29, 0.717) is 18.2 Å². The van der Waals surface area contributed by atoms with Crippen LogP contribution in [0.5, 0.6) is 0 Å². The number of furan rings is 1. The Balaban J connectivity index is 2.59. The zero-order valence-electron chi connectivity index (χ0n) is 10.1. The van der Waals surface area contributed by atoms with Crippen molar-refractivity contribution in [2.24, 2.45) is 5.92 Å². The van der Waals surface area contributed by atoms with E-state index in [-0.39, 0.29) is 5.76 Å². The summed E-state index contributed by atoms with van der Waals surface area (Å²) in [6, 6.07) is 3.23. The minimum Gasteiger partial charge on any atom is -0.475 e. The lowest BCUT2D eigenvalue weighted by atomic mass is 10.2. The number of hydrogen-bond acceptors (Lipinski definition) is 3. The van der Waals surface area contributed by atoms with Gasteiger partial charge in [0.2, 0.25) is 5.76 Å². The van der Waals surface area contributed by atoms with Crippen molar-refractivity contribution in [3.8, 4) is 0 Å². The van der Waals surface area contributed by atoms with Gasteiger partial charge in [0.15, 0.2) is 0 Å². The molecule has 0 aliphatic rings. The van der Waals surface area contributed by atoms with Gasteiger partial charge in [0.25, 0.3) is 0 Å². The predicted octanol–water partition coefficient (Wildman–Crippen LogP) is 2.46. The van der Waals surface area contributed by atoms with Crippen LogP contribution in [-0.2, 0) is 6.54 Å². The molecule has 0 saturated heterocycles. The zero-order chi connectivity index (χ0) is 12.1. The van der Waals surface area contributed by atoms with Gasteiger partial charge in [-0.15, -0.1) is 0 Å². The topological polar surface area (TPSA) is 53.7 Å². The zero-order valence-corrected chi connectivity index (χ0v) is 10.1. The average Bonchev–Trinajstić information content (AvgIpc) is 2.64. The van der Waals surface area contributed by atoms with Crippen LogP contribution in [0.1, 0.15) is 37.1 Å². The van der Waals surface area contributed by atoms with E-state index in [9.17, 15) is 4.79 Å². The standard InChI is InChI=1S/C12H19NO3/c1-4-13(7-9(2)3)8-10-5-6-11(16-10)12(14)15/h5-6,9H,4,7-8H2,1-3H3,(H,14,15). The van der Waals surface area contributed by atoms with Gasteiger partial charge in [-0.3, -0.25) is 4.90 Å². The van der Waals surface area contributed by atoms with Crippen LogP contribution in [0.15, 0.2) is 16.5 Å². The summed E-state index contributed by atoms with van der Waals surface area (Å²) < 4.78 is 5.22. The average molecular weight is 225 g/mol. The maximum absolute atomic E-state index is 10.6. The molecule has 0 radical (unpaired) electrons. The summed E-state index contributed by atoms with van der Waals surface area (Å²) in [6.07, 6.45) is 0. The third-order valence-corrected chi connectivity index (χ3v) is 2.32. The Morgan fingerprint density at radius 2 is 2.19 bits per heavy atom. The summed E-state index contributed by atoms with van der Waals surface area (Å²) in [6.45, 7) is 8.99. The molecular formula is C12H19NO3. The molecule has 1 heterocycles. The largest absolute Gasteiger partial charge is 0.475 e. The third-order valence-electron chi connectivity index (χ3n) is 2.32. The Bertz CT molecular complexity index is 344. The number of aromatic carboxylic acids is 1. The fourth-order valence-corrected chi connectivity index (χ4v) is 1.62. The van der Waals surface area contributed by atoms with Crippen molar-refractivity contribution < 1.29 is 14.3 Å². The molecule has 0 aliphatic carbocycles. The molecule has 1 N–H and O–H groups in total. The minimum atomic E-state index is -1.02. The van der Waals surface area contributed by atoms with Crippen molar-refractivity contribution in [1.29, 1.82) is 0 Å². The molecule has 90 valence electrons. The van der Waals surface area contributed by atoms with Gasteiger partial charge < -0.3 is 9.52 Å². The third kappa shape index (κ3) is 3.70. The Hall–Kier alpha value is -1.29. The molecule has 0 fully saturated rings. The van der Waals surface area contributed by atoms with Crippen LogP contribution >= 0.6 is 0 Å². The second-order valence-corrected chi connectivity index (χ2v) is 4.29. The number of hydrogen-bond donors (Lipinski definition) is 1. The summed E-state index contributed by atoms with van der Waals surface area (Å²) >= 11 is 0. The molecule has 0 aromatic carbocycles. The van der Waals surface area contributed by atoms with E-state index in [0.717, 1.165) is 13.1 Å². The van der Waals surface area contributed by atoms with Crippen LogP contribution in [0.4, 0.5) is 0 Å². The van der Waals surface area contributed by atoms with Gasteiger partial charge in [-0.25, -0.2) is 4.79 Å². The van der Waals surface area contributed by atoms with Crippen molar-refractivity contribution in [3.63, 3.8) is 0 Å². The van der Waals surface area contributed by atoms with E-state index in [4.69, 9.17) is 9.52 Å². The normalized spacial score (nSPS) is 11.3. The van der Waals surface area contributed by atoms with E-state index in [1.807, 2.05) is 0 Å². The molecule has 1 aromatic rings. The van der Waals surface area contributed by atoms with Gasteiger partial charge in [0.05, 0.1) is 6.54 Å². The van der Waals surface area contributed by atoms with Gasteiger partial charge >= 0.3 is 5.97 Å². The fraction of sp³-hybridized carbons (Fsp3) is 0.583. The first-order chi connectivity index (χ1) is 7.52. The second-order valence-electron chi connectivity index (χ2n) is 4.29. The van der Waals surface area contributed by atoms with E-state index < -0.39 is 5.97 Å². The molecule has 1 aromatic heterocycles. The SMILES string of the molecule is CCN(Cc1ccc(C(=O)O)o1)CC(C)C. The summed E-state index contributed by atoms with van der Waals surface area (Å²) in [4.78, 5) is 12.9. The van der Waals surface area contributed by atoms with Gasteiger partial charge in [0, 0.05) is 6.54 Å². The first kappa shape index (κ1) is 12.8. The van der Waals surface area contributed by atoms with Crippen molar-refractivity contribution in [2.75, 3.05) is 13.1 Å². The summed E-state index contributed by atoms with van der Waals surface area (Å²) in [5.74, 6) is 0.294. The highest BCUT2D eigenvalue weighted by Crippen LogP contribution is 2.11. The fourth-order valence-electron chi connectivity index (χ4n) is 1.62. The van der Waals surface area contributed by atoms with Crippen LogP contribution in [-0.4, -0.2) is 29.1 Å². The molecule has 0 bridgehead atoms. The highest BCUT2D eigenvalue weighted by atomic mass is 16.4. The molecule has 4 heteroatoms. The molecule has 0 amide bonds. The number of rotatable bonds is 6. The van der Waals surface area contributed by atoms with Gasteiger partial charge in [0.1, 0.15) is 5.76 Å². The Morgan fingerprint density at radius 3 is 2.62 bits per heavy atom. The van der Waals surface area contributed by atoms with Crippen molar-refractivity contribution in [2.45, 2.75) is 27.3 Å². The van der Waals surface area contributed by atoms with Crippen LogP contribution in [0.25, 0.3) is 0 Å². The van der Waals surface area contributed by atoms with Gasteiger partial charge in [-0.1, -0.05) is 20.8 Å². The summed E-state index contributed by atoms with van der Waals surface area (Å²) in [5.41, 5.74) is 0. The molecule has 0 unspecified atom stereocenters. The van der Waals surface area contributed by atoms with Crippen LogP contribution in [0.3, 0.4) is 0 Å². The van der Waals surface area contributed by atoms with E-state index in [1.54, 1.807) is 6.07 Å². The maximum atomic E-state index is 10.6. The lowest BCUT2D eigenvalue weighted by molar-refractivity contribution is 0.0658. The Morgan fingerprint density at radius 1 is 1.50 bits per heavy atom. The minimum absolute atomic E-state index is 0.00981. The molecule has 0 aliphatic heterocycles. The highest BCUT2D eigenvalue weighted by Gasteiger charge is 2.12. The van der Waals surface area contributed by atoms with E-state index >= 15 is 0 Å². The molecule has 0 atom stereocenters. The number of nitrogens with zero attached hydrogens (tertiary/aromatic N) is 1. The first-order valence-electron chi connectivity index (χ1n) is 5.57. The van der Waals surface area contributed by atoms with Gasteiger partial charge in [-0.2, -0.15) is 0 Å². The van der Waals surface area contributed by atoms with Crippen LogP contribution in [0, 0.1) is 5.92 Å². The first-order valence-corrected chi connectivity index (χ1v) is 5.57. The lowest BCUT2D eigenvalue weighted by Gasteiger charge is -2.20. The number of carbonyl (C=O) groups is 1. The summed E-state index contributed by atoms with van der Waals surface area (Å²) in [7, 11) is 0. The predicted molar refractivity (Wildman–Crippen MR) is 61.5 cm³/mol. The Labute approximate surface area is 95.9 Å². The van der Waals surface area contributed by atoms with Crippen LogP contribution < -0.4 is 0 Å². The molecule has 1 rings (SSSR count). The Kier molecular flexibility index (Phi) is 4.55. The molecule has 0 saturated carbocycles. The molecule has 16 heavy (non-hydrogen) atoms. The second kappa shape index (κ2) is 5.70.